The van der Waals surface area contributed by atoms with Gasteiger partial charge in [-0.2, -0.15) is 0 Å². The standard InChI is InChI=1S/C29H38N4O3S2/c1-4-21(2)28-31-27(37-3)20-33(28)19-23-14-16-24(17-15-23)25-12-8-9-13-26(25)38(35,36)32-29(34)30-18-22-10-6-5-7-11-22/h8-9,12-17,20-22H,4-7,10-11,18-19H2,1-3H3,(H2,30,32,34). The number of amides is 2. The number of rotatable bonds is 10. The zero-order chi connectivity index (χ0) is 27.1. The SMILES string of the molecule is CCC(C)c1nc(SC)cn1Cc1ccc(-c2ccccc2S(=O)(=O)NC(=O)NCC2CCCCC2)cc1. The zero-order valence-corrected chi connectivity index (χ0v) is 24.1. The fourth-order valence-electron chi connectivity index (χ4n) is 4.97. The van der Waals surface area contributed by atoms with E-state index in [-0.39, 0.29) is 4.90 Å². The van der Waals surface area contributed by atoms with Gasteiger partial charge in [-0.3, -0.25) is 0 Å². The molecule has 1 heterocycles. The van der Waals surface area contributed by atoms with Gasteiger partial charge in [0.2, 0.25) is 0 Å². The first-order valence-corrected chi connectivity index (χ1v) is 16.1. The summed E-state index contributed by atoms with van der Waals surface area (Å²) in [6.07, 6.45) is 10.8. The predicted octanol–water partition coefficient (Wildman–Crippen LogP) is 6.40. The van der Waals surface area contributed by atoms with Crippen LogP contribution in [0.1, 0.15) is 69.7 Å². The normalized spacial score (nSPS) is 15.2. The Morgan fingerprint density at radius 2 is 1.82 bits per heavy atom. The van der Waals surface area contributed by atoms with Crippen LogP contribution < -0.4 is 10.0 Å². The first-order chi connectivity index (χ1) is 18.3. The van der Waals surface area contributed by atoms with E-state index in [4.69, 9.17) is 4.98 Å². The molecule has 9 heteroatoms. The molecule has 38 heavy (non-hydrogen) atoms. The van der Waals surface area contributed by atoms with Crippen molar-refractivity contribution < 1.29 is 13.2 Å². The highest BCUT2D eigenvalue weighted by atomic mass is 32.2. The molecule has 0 radical (unpaired) electrons. The molecule has 0 spiro atoms. The summed E-state index contributed by atoms with van der Waals surface area (Å²) in [5.74, 6) is 1.85. The number of benzene rings is 2. The molecule has 7 nitrogen and oxygen atoms in total. The van der Waals surface area contributed by atoms with Crippen LogP contribution in [0.25, 0.3) is 11.1 Å². The van der Waals surface area contributed by atoms with Crippen LogP contribution in [0.5, 0.6) is 0 Å². The fourth-order valence-corrected chi connectivity index (χ4v) is 6.55. The number of sulfonamides is 1. The van der Waals surface area contributed by atoms with E-state index in [1.165, 1.54) is 25.3 Å². The van der Waals surface area contributed by atoms with Crippen molar-refractivity contribution in [1.82, 2.24) is 19.6 Å². The minimum Gasteiger partial charge on any atom is -0.337 e. The molecule has 0 bridgehead atoms. The van der Waals surface area contributed by atoms with E-state index < -0.39 is 16.1 Å². The summed E-state index contributed by atoms with van der Waals surface area (Å²) < 4.78 is 30.7. The highest BCUT2D eigenvalue weighted by Gasteiger charge is 2.23. The topological polar surface area (TPSA) is 93.1 Å². The lowest BCUT2D eigenvalue weighted by atomic mass is 9.89. The van der Waals surface area contributed by atoms with Crippen LogP contribution >= 0.6 is 11.8 Å². The average molecular weight is 555 g/mol. The first kappa shape index (κ1) is 28.2. The maximum Gasteiger partial charge on any atom is 0.328 e. The number of nitrogens with one attached hydrogen (secondary N) is 2. The fraction of sp³-hybridized carbons (Fsp3) is 0.448. The lowest BCUT2D eigenvalue weighted by molar-refractivity contribution is 0.241. The molecule has 1 aliphatic rings. The Bertz CT molecular complexity index is 1330. The van der Waals surface area contributed by atoms with Crippen molar-refractivity contribution in [2.45, 2.75) is 74.8 Å². The molecular formula is C29H38N4O3S2. The quantitative estimate of drug-likeness (QED) is 0.283. The molecule has 1 fully saturated rings. The van der Waals surface area contributed by atoms with Gasteiger partial charge < -0.3 is 9.88 Å². The Morgan fingerprint density at radius 3 is 2.50 bits per heavy atom. The van der Waals surface area contributed by atoms with E-state index in [2.05, 4.69) is 34.7 Å². The molecule has 1 aliphatic carbocycles. The molecule has 204 valence electrons. The summed E-state index contributed by atoms with van der Waals surface area (Å²) in [5, 5.41) is 3.76. The molecule has 1 saturated carbocycles. The van der Waals surface area contributed by atoms with E-state index in [9.17, 15) is 13.2 Å². The molecule has 1 atom stereocenters. The second kappa shape index (κ2) is 12.8. The maximum atomic E-state index is 13.2. The maximum absolute atomic E-state index is 13.2. The largest absolute Gasteiger partial charge is 0.337 e. The summed E-state index contributed by atoms with van der Waals surface area (Å²) in [4.78, 5) is 17.3. The molecule has 2 amide bonds. The van der Waals surface area contributed by atoms with Crippen LogP contribution in [0.15, 0.2) is 64.6 Å². The minimum absolute atomic E-state index is 0.0823. The van der Waals surface area contributed by atoms with Gasteiger partial charge >= 0.3 is 6.03 Å². The summed E-state index contributed by atoms with van der Waals surface area (Å²) >= 11 is 1.64. The monoisotopic (exact) mass is 554 g/mol. The second-order valence-corrected chi connectivity index (χ2v) is 12.6. The van der Waals surface area contributed by atoms with E-state index in [1.54, 1.807) is 30.0 Å². The van der Waals surface area contributed by atoms with Crippen molar-refractivity contribution in [2.75, 3.05) is 12.8 Å². The van der Waals surface area contributed by atoms with Crippen molar-refractivity contribution in [3.63, 3.8) is 0 Å². The van der Waals surface area contributed by atoms with Gasteiger partial charge in [-0.1, -0.05) is 75.6 Å². The Labute approximate surface area is 230 Å². The lowest BCUT2D eigenvalue weighted by Crippen LogP contribution is -2.41. The molecule has 1 aromatic heterocycles. The summed E-state index contributed by atoms with van der Waals surface area (Å²) in [5.41, 5.74) is 2.43. The Hall–Kier alpha value is -2.78. The first-order valence-electron chi connectivity index (χ1n) is 13.4. The van der Waals surface area contributed by atoms with Gasteiger partial charge in [0.1, 0.15) is 10.9 Å². The number of urea groups is 1. The highest BCUT2D eigenvalue weighted by Crippen LogP contribution is 2.29. The van der Waals surface area contributed by atoms with Gasteiger partial charge in [0.15, 0.2) is 0 Å². The van der Waals surface area contributed by atoms with Gasteiger partial charge in [0.25, 0.3) is 10.0 Å². The lowest BCUT2D eigenvalue weighted by Gasteiger charge is -2.21. The highest BCUT2D eigenvalue weighted by molar-refractivity contribution is 7.98. The van der Waals surface area contributed by atoms with Gasteiger partial charge in [-0.05, 0) is 48.6 Å². The Morgan fingerprint density at radius 1 is 1.11 bits per heavy atom. The smallest absolute Gasteiger partial charge is 0.328 e. The molecule has 1 unspecified atom stereocenters. The van der Waals surface area contributed by atoms with Crippen molar-refractivity contribution in [1.29, 1.82) is 0 Å². The summed E-state index contributed by atoms with van der Waals surface area (Å²) in [6.45, 7) is 5.54. The third kappa shape index (κ3) is 6.99. The Kier molecular flexibility index (Phi) is 9.54. The van der Waals surface area contributed by atoms with E-state index >= 15 is 0 Å². The second-order valence-electron chi connectivity index (χ2n) is 10.1. The number of nitrogens with zero attached hydrogens (tertiary/aromatic N) is 2. The number of hydrogen-bond donors (Lipinski definition) is 2. The number of aromatic nitrogens is 2. The number of carbonyl (C=O) groups is 1. The van der Waals surface area contributed by atoms with Gasteiger partial charge in [0, 0.05) is 30.8 Å². The summed E-state index contributed by atoms with van der Waals surface area (Å²) in [6, 6.07) is 14.0. The van der Waals surface area contributed by atoms with E-state index in [1.807, 2.05) is 30.5 Å². The number of hydrogen-bond acceptors (Lipinski definition) is 5. The van der Waals surface area contributed by atoms with Crippen molar-refractivity contribution in [3.05, 3.63) is 66.1 Å². The molecule has 0 aliphatic heterocycles. The van der Waals surface area contributed by atoms with E-state index in [0.29, 0.717) is 30.5 Å². The Balaban J connectivity index is 1.48. The molecular weight excluding hydrogens is 516 g/mol. The third-order valence-corrected chi connectivity index (χ3v) is 9.35. The average Bonchev–Trinajstić information content (AvgIpc) is 3.35. The molecule has 4 rings (SSSR count). The van der Waals surface area contributed by atoms with E-state index in [0.717, 1.165) is 41.2 Å². The van der Waals surface area contributed by atoms with Crippen LogP contribution in [-0.4, -0.2) is 36.8 Å². The summed E-state index contributed by atoms with van der Waals surface area (Å²) in [7, 11) is -4.04. The number of carbonyl (C=O) groups excluding carboxylic acids is 1. The predicted molar refractivity (Wildman–Crippen MR) is 154 cm³/mol. The van der Waals surface area contributed by atoms with Crippen molar-refractivity contribution in [3.8, 4) is 11.1 Å². The molecule has 3 aromatic rings. The molecule has 2 N–H and O–H groups in total. The minimum atomic E-state index is -4.04. The van der Waals surface area contributed by atoms with Crippen molar-refractivity contribution >= 4 is 27.8 Å². The van der Waals surface area contributed by atoms with Crippen LogP contribution in [0.4, 0.5) is 4.79 Å². The van der Waals surface area contributed by atoms with Gasteiger partial charge in [-0.15, -0.1) is 11.8 Å². The van der Waals surface area contributed by atoms with Crippen LogP contribution in [0.2, 0.25) is 0 Å². The molecule has 0 saturated heterocycles. The van der Waals surface area contributed by atoms with Crippen LogP contribution in [0.3, 0.4) is 0 Å². The van der Waals surface area contributed by atoms with Crippen molar-refractivity contribution in [2.24, 2.45) is 5.92 Å². The van der Waals surface area contributed by atoms with Crippen LogP contribution in [0, 0.1) is 5.92 Å². The van der Waals surface area contributed by atoms with Crippen LogP contribution in [-0.2, 0) is 16.6 Å². The number of thioether (sulfide) groups is 1. The zero-order valence-electron chi connectivity index (χ0n) is 22.4. The number of imidazole rings is 1. The van der Waals surface area contributed by atoms with Gasteiger partial charge in [-0.25, -0.2) is 22.9 Å². The molecule has 2 aromatic carbocycles. The van der Waals surface area contributed by atoms with Gasteiger partial charge in [0.05, 0.1) is 4.90 Å². The third-order valence-electron chi connectivity index (χ3n) is 7.35.